The maximum absolute atomic E-state index is 7.39. The fourth-order valence-electron chi connectivity index (χ4n) is 7.16. The van der Waals surface area contributed by atoms with E-state index in [2.05, 4.69) is 92.7 Å². The third-order valence-electron chi connectivity index (χ3n) is 8.64. The molecule has 1 saturated carbocycles. The number of benzene rings is 3. The fourth-order valence-corrected chi connectivity index (χ4v) is 7.16. The van der Waals surface area contributed by atoms with Crippen molar-refractivity contribution in [3.63, 3.8) is 0 Å². The van der Waals surface area contributed by atoms with E-state index in [-0.39, 0.29) is 11.0 Å². The molecule has 1 heterocycles. The maximum Gasteiger partial charge on any atom is 0.140 e. The van der Waals surface area contributed by atoms with Crippen LogP contribution in [-0.4, -0.2) is 5.60 Å². The van der Waals surface area contributed by atoms with Crippen molar-refractivity contribution >= 4 is 16.3 Å². The summed E-state index contributed by atoms with van der Waals surface area (Å²) in [5.74, 6) is 1.58. The second kappa shape index (κ2) is 7.90. The lowest BCUT2D eigenvalue weighted by Gasteiger charge is -2.59. The predicted molar refractivity (Wildman–Crippen MR) is 139 cm³/mol. The molecule has 0 aromatic heterocycles. The topological polar surface area (TPSA) is 9.23 Å². The Kier molecular flexibility index (Phi) is 4.98. The van der Waals surface area contributed by atoms with Gasteiger partial charge in [0.2, 0.25) is 0 Å². The monoisotopic (exact) mass is 434 g/mol. The summed E-state index contributed by atoms with van der Waals surface area (Å²) in [5, 5.41) is 2.54. The minimum absolute atomic E-state index is 0.205. The first-order valence-corrected chi connectivity index (χ1v) is 12.9. The molecular formula is C32H34O. The lowest BCUT2D eigenvalue weighted by atomic mass is 9.52. The molecule has 1 nitrogen and oxygen atoms in total. The third-order valence-corrected chi connectivity index (χ3v) is 8.64. The van der Waals surface area contributed by atoms with Crippen molar-refractivity contribution < 1.29 is 4.74 Å². The first kappa shape index (κ1) is 20.8. The van der Waals surface area contributed by atoms with Gasteiger partial charge in [-0.25, -0.2) is 0 Å². The fraction of sp³-hybridized carbons (Fsp3) is 0.375. The second-order valence-corrected chi connectivity index (χ2v) is 10.3. The molecule has 1 heteroatoms. The van der Waals surface area contributed by atoms with Crippen LogP contribution in [0, 0.1) is 11.3 Å². The van der Waals surface area contributed by atoms with Gasteiger partial charge in [-0.1, -0.05) is 99.5 Å². The number of fused-ring (bicyclic) bond motifs is 3. The quantitative estimate of drug-likeness (QED) is 0.372. The Balaban J connectivity index is 1.59. The van der Waals surface area contributed by atoms with Crippen molar-refractivity contribution in [1.82, 2.24) is 0 Å². The summed E-state index contributed by atoms with van der Waals surface area (Å²) in [6.07, 6.45) is 15.9. The highest BCUT2D eigenvalue weighted by molar-refractivity contribution is 6.02. The highest BCUT2D eigenvalue weighted by atomic mass is 16.5. The Morgan fingerprint density at radius 2 is 1.79 bits per heavy atom. The van der Waals surface area contributed by atoms with E-state index in [9.17, 15) is 0 Å². The second-order valence-electron chi connectivity index (χ2n) is 10.3. The van der Waals surface area contributed by atoms with Crippen LogP contribution in [0.3, 0.4) is 0 Å². The standard InChI is InChI=1S/C32H34O/c1-3-19-31-20-9-13-25(14-10-21-31)32(31)22-23(4-2)27-17-18-28-26(24-11-6-5-7-12-24)15-8-16-29(28)30(27)33-32/h5-9,11-13,15-18,22,25H,3-4,10,14,19-21H2,1-2H3. The van der Waals surface area contributed by atoms with Gasteiger partial charge in [-0.05, 0) is 60.3 Å². The van der Waals surface area contributed by atoms with Gasteiger partial charge in [0.15, 0.2) is 0 Å². The van der Waals surface area contributed by atoms with E-state index in [1.165, 1.54) is 65.1 Å². The zero-order valence-corrected chi connectivity index (χ0v) is 19.9. The Morgan fingerprint density at radius 3 is 2.61 bits per heavy atom. The summed E-state index contributed by atoms with van der Waals surface area (Å²) in [7, 11) is 0. The predicted octanol–water partition coefficient (Wildman–Crippen LogP) is 8.98. The third kappa shape index (κ3) is 2.98. The molecule has 3 unspecified atom stereocenters. The SMILES string of the molecule is CCCC12CC=CC(CCC1)C21C=C(CC)c2ccc3c(-c4ccccc4)cccc3c2O1. The lowest BCUT2D eigenvalue weighted by Crippen LogP contribution is -2.60. The number of ether oxygens (including phenoxy) is 1. The summed E-state index contributed by atoms with van der Waals surface area (Å²) in [5.41, 5.74) is 5.29. The number of allylic oxidation sites excluding steroid dienone is 2. The molecule has 1 fully saturated rings. The average molecular weight is 435 g/mol. The number of hydrogen-bond acceptors (Lipinski definition) is 1. The van der Waals surface area contributed by atoms with Crippen molar-refractivity contribution in [1.29, 1.82) is 0 Å². The maximum atomic E-state index is 7.39. The molecule has 0 N–H and O–H groups in total. The van der Waals surface area contributed by atoms with Gasteiger partial charge in [-0.3, -0.25) is 0 Å². The highest BCUT2D eigenvalue weighted by Crippen LogP contribution is 2.61. The van der Waals surface area contributed by atoms with Crippen LogP contribution in [-0.2, 0) is 0 Å². The molecule has 33 heavy (non-hydrogen) atoms. The summed E-state index contributed by atoms with van der Waals surface area (Å²) < 4.78 is 7.39. The van der Waals surface area contributed by atoms with Gasteiger partial charge in [0.25, 0.3) is 0 Å². The van der Waals surface area contributed by atoms with Crippen molar-refractivity contribution in [2.75, 3.05) is 0 Å². The molecular weight excluding hydrogens is 400 g/mol. The van der Waals surface area contributed by atoms with Crippen LogP contribution < -0.4 is 4.74 Å². The Bertz CT molecular complexity index is 1250. The van der Waals surface area contributed by atoms with Crippen LogP contribution in [0.5, 0.6) is 5.75 Å². The van der Waals surface area contributed by atoms with Gasteiger partial charge in [-0.15, -0.1) is 0 Å². The molecule has 2 aliphatic carbocycles. The molecule has 0 amide bonds. The number of rotatable bonds is 4. The van der Waals surface area contributed by atoms with E-state index < -0.39 is 0 Å². The van der Waals surface area contributed by atoms with Gasteiger partial charge in [0, 0.05) is 22.3 Å². The molecule has 3 aromatic rings. The Morgan fingerprint density at radius 1 is 0.909 bits per heavy atom. The van der Waals surface area contributed by atoms with E-state index in [0.717, 1.165) is 18.6 Å². The lowest BCUT2D eigenvalue weighted by molar-refractivity contribution is -0.0953. The minimum atomic E-state index is -0.217. The van der Waals surface area contributed by atoms with Crippen molar-refractivity contribution in [2.45, 2.75) is 64.4 Å². The van der Waals surface area contributed by atoms with Gasteiger partial charge in [0.05, 0.1) is 0 Å². The zero-order valence-electron chi connectivity index (χ0n) is 19.9. The molecule has 6 rings (SSSR count). The van der Waals surface area contributed by atoms with Crippen molar-refractivity contribution in [2.24, 2.45) is 11.3 Å². The van der Waals surface area contributed by atoms with E-state index >= 15 is 0 Å². The summed E-state index contributed by atoms with van der Waals surface area (Å²) in [6, 6.07) is 22.1. The molecule has 0 saturated heterocycles. The van der Waals surface area contributed by atoms with Gasteiger partial charge < -0.3 is 4.74 Å². The van der Waals surface area contributed by atoms with Crippen LogP contribution >= 0.6 is 0 Å². The normalized spacial score (nSPS) is 27.8. The molecule has 0 radical (unpaired) electrons. The van der Waals surface area contributed by atoms with E-state index in [4.69, 9.17) is 4.74 Å². The van der Waals surface area contributed by atoms with Gasteiger partial charge in [-0.2, -0.15) is 0 Å². The van der Waals surface area contributed by atoms with Crippen molar-refractivity contribution in [3.8, 4) is 16.9 Å². The van der Waals surface area contributed by atoms with Gasteiger partial charge in [0.1, 0.15) is 11.4 Å². The highest BCUT2D eigenvalue weighted by Gasteiger charge is 2.59. The molecule has 168 valence electrons. The van der Waals surface area contributed by atoms with Crippen LogP contribution in [0.4, 0.5) is 0 Å². The Labute approximate surface area is 198 Å². The average Bonchev–Trinajstić information content (AvgIpc) is 2.84. The first-order valence-electron chi connectivity index (χ1n) is 12.9. The smallest absolute Gasteiger partial charge is 0.140 e. The van der Waals surface area contributed by atoms with Crippen LogP contribution in [0.2, 0.25) is 0 Å². The van der Waals surface area contributed by atoms with E-state index in [1.54, 1.807) is 0 Å². The Hall–Kier alpha value is -2.80. The summed E-state index contributed by atoms with van der Waals surface area (Å²) >= 11 is 0. The molecule has 1 spiro atoms. The molecule has 3 aliphatic rings. The van der Waals surface area contributed by atoms with Crippen LogP contribution in [0.25, 0.3) is 27.5 Å². The van der Waals surface area contributed by atoms with E-state index in [0.29, 0.717) is 5.92 Å². The van der Waals surface area contributed by atoms with Gasteiger partial charge >= 0.3 is 0 Å². The molecule has 3 aromatic carbocycles. The summed E-state index contributed by atoms with van der Waals surface area (Å²) in [6.45, 7) is 4.65. The number of hydrogen-bond donors (Lipinski definition) is 0. The zero-order chi connectivity index (χ0) is 22.5. The van der Waals surface area contributed by atoms with Crippen LogP contribution in [0.15, 0.2) is 78.9 Å². The first-order chi connectivity index (χ1) is 16.2. The molecule has 3 atom stereocenters. The van der Waals surface area contributed by atoms with Crippen molar-refractivity contribution in [3.05, 3.63) is 84.5 Å². The largest absolute Gasteiger partial charge is 0.481 e. The van der Waals surface area contributed by atoms with E-state index in [1.807, 2.05) is 0 Å². The summed E-state index contributed by atoms with van der Waals surface area (Å²) in [4.78, 5) is 0. The molecule has 1 aliphatic heterocycles. The van der Waals surface area contributed by atoms with Crippen LogP contribution in [0.1, 0.15) is 64.4 Å². The molecule has 2 bridgehead atoms. The minimum Gasteiger partial charge on any atom is -0.481 e.